The average molecular weight is 416 g/mol. The van der Waals surface area contributed by atoms with Crippen molar-refractivity contribution >= 4 is 18.7 Å². The molecule has 1 heterocycles. The van der Waals surface area contributed by atoms with E-state index in [0.717, 1.165) is 22.6 Å². The van der Waals surface area contributed by atoms with Crippen LogP contribution in [-0.2, 0) is 6.54 Å². The van der Waals surface area contributed by atoms with Gasteiger partial charge in [0.1, 0.15) is 17.2 Å². The van der Waals surface area contributed by atoms with Crippen LogP contribution in [0.25, 0.3) is 0 Å². The summed E-state index contributed by atoms with van der Waals surface area (Å²) in [5.41, 5.74) is 2.58. The summed E-state index contributed by atoms with van der Waals surface area (Å²) < 4.78 is 19.5. The number of amides is 1. The normalized spacial score (nSPS) is 9.83. The second kappa shape index (κ2) is 11.0. The molecule has 3 rings (SSSR count). The molecule has 0 spiro atoms. The lowest BCUT2D eigenvalue weighted by Gasteiger charge is -2.10. The zero-order chi connectivity index (χ0) is 21.2. The van der Waals surface area contributed by atoms with E-state index in [1.54, 1.807) is 44.3 Å². The Hall–Kier alpha value is -3.13. The first-order chi connectivity index (χ1) is 14.0. The fourth-order valence-electron chi connectivity index (χ4n) is 2.58. The summed E-state index contributed by atoms with van der Waals surface area (Å²) in [5.74, 6) is 2.08. The first-order valence-electron chi connectivity index (χ1n) is 8.79. The minimum absolute atomic E-state index is 0.262. The molecule has 0 atom stereocenters. The maximum absolute atomic E-state index is 11.4. The third-order valence-electron chi connectivity index (χ3n) is 4.16. The van der Waals surface area contributed by atoms with Gasteiger partial charge in [0.25, 0.3) is 5.91 Å². The Kier molecular flexibility index (Phi) is 8.42. The van der Waals surface area contributed by atoms with Crippen LogP contribution in [0, 0.1) is 6.92 Å². The van der Waals surface area contributed by atoms with Gasteiger partial charge in [-0.15, -0.1) is 0 Å². The van der Waals surface area contributed by atoms with Crippen molar-refractivity contribution in [1.82, 2.24) is 14.5 Å². The summed E-state index contributed by atoms with van der Waals surface area (Å²) in [7, 11) is 4.87. The van der Waals surface area contributed by atoms with Crippen molar-refractivity contribution in [1.29, 1.82) is 0 Å². The summed E-state index contributed by atoms with van der Waals surface area (Å²) >= 11 is 3.73. The Morgan fingerprint density at radius 3 is 2.41 bits per heavy atom. The van der Waals surface area contributed by atoms with Crippen molar-refractivity contribution < 1.29 is 19.0 Å². The Labute approximate surface area is 176 Å². The van der Waals surface area contributed by atoms with E-state index >= 15 is 0 Å². The molecular formula is C21H25N3O4S. The van der Waals surface area contributed by atoms with Crippen molar-refractivity contribution in [2.24, 2.45) is 0 Å². The van der Waals surface area contributed by atoms with E-state index in [1.807, 2.05) is 43.5 Å². The zero-order valence-electron chi connectivity index (χ0n) is 16.9. The number of carbonyl (C=O) groups excluding carboxylic acids is 1. The van der Waals surface area contributed by atoms with Gasteiger partial charge in [-0.1, -0.05) is 24.9 Å². The summed E-state index contributed by atoms with van der Waals surface area (Å²) in [5, 5.41) is 4.13. The first kappa shape index (κ1) is 22.2. The van der Waals surface area contributed by atoms with E-state index in [4.69, 9.17) is 14.2 Å². The number of thiol groups is 1. The molecule has 1 aromatic heterocycles. The number of aromatic nitrogens is 2. The van der Waals surface area contributed by atoms with E-state index in [9.17, 15) is 4.79 Å². The maximum Gasteiger partial charge on any atom is 0.261 e. The molecule has 0 aliphatic heterocycles. The molecule has 0 bridgehead atoms. The number of aryl methyl sites for hydroxylation is 1. The average Bonchev–Trinajstić information content (AvgIpc) is 3.27. The van der Waals surface area contributed by atoms with Gasteiger partial charge in [0.2, 0.25) is 0 Å². The van der Waals surface area contributed by atoms with Gasteiger partial charge in [-0.3, -0.25) is 14.2 Å². The van der Waals surface area contributed by atoms with Crippen molar-refractivity contribution in [3.63, 3.8) is 0 Å². The number of hydrogen-bond acceptors (Lipinski definition) is 6. The minimum Gasteiger partial charge on any atom is -0.497 e. The highest BCUT2D eigenvalue weighted by Gasteiger charge is 2.09. The Morgan fingerprint density at radius 1 is 1.07 bits per heavy atom. The number of benzene rings is 2. The van der Waals surface area contributed by atoms with Crippen LogP contribution in [0.1, 0.15) is 21.5 Å². The molecule has 0 saturated heterocycles. The molecule has 154 valence electrons. The summed E-state index contributed by atoms with van der Waals surface area (Å²) in [6, 6.07) is 12.9. The molecule has 0 aliphatic rings. The van der Waals surface area contributed by atoms with E-state index < -0.39 is 0 Å². The van der Waals surface area contributed by atoms with Gasteiger partial charge in [0.15, 0.2) is 0 Å². The third-order valence-corrected chi connectivity index (χ3v) is 4.36. The zero-order valence-corrected chi connectivity index (χ0v) is 17.8. The van der Waals surface area contributed by atoms with Gasteiger partial charge in [0, 0.05) is 29.6 Å². The number of rotatable bonds is 6. The number of nitrogens with one attached hydrogen (secondary N) is 1. The maximum atomic E-state index is 11.4. The molecule has 0 aliphatic carbocycles. The van der Waals surface area contributed by atoms with Crippen LogP contribution in [0.2, 0.25) is 0 Å². The molecule has 0 radical (unpaired) electrons. The molecule has 2 aromatic carbocycles. The van der Waals surface area contributed by atoms with Crippen LogP contribution in [-0.4, -0.2) is 37.0 Å². The van der Waals surface area contributed by atoms with Gasteiger partial charge in [-0.2, -0.15) is 5.10 Å². The van der Waals surface area contributed by atoms with Crippen LogP contribution in [0.5, 0.6) is 17.2 Å². The summed E-state index contributed by atoms with van der Waals surface area (Å²) in [4.78, 5) is 11.4. The summed E-state index contributed by atoms with van der Waals surface area (Å²) in [6.45, 7) is 2.59. The quantitative estimate of drug-likeness (QED) is 0.603. The minimum atomic E-state index is -0.262. The Morgan fingerprint density at radius 2 is 1.83 bits per heavy atom. The Balaban J connectivity index is 0.000000234. The third kappa shape index (κ3) is 6.18. The lowest BCUT2D eigenvalue weighted by atomic mass is 10.1. The highest BCUT2D eigenvalue weighted by atomic mass is 32.1. The van der Waals surface area contributed by atoms with Gasteiger partial charge >= 0.3 is 0 Å². The van der Waals surface area contributed by atoms with Crippen LogP contribution in [0.3, 0.4) is 0 Å². The van der Waals surface area contributed by atoms with Crippen LogP contribution in [0.4, 0.5) is 0 Å². The van der Waals surface area contributed by atoms with Gasteiger partial charge < -0.3 is 14.2 Å². The lowest BCUT2D eigenvalue weighted by Crippen LogP contribution is -2.13. The smallest absolute Gasteiger partial charge is 0.261 e. The van der Waals surface area contributed by atoms with Crippen molar-refractivity contribution in [2.45, 2.75) is 13.5 Å². The Bertz CT molecular complexity index is 930. The SMILES string of the molecule is COc1cc(C(=O)NS)ccc1Cn1cccn1.COc1ccc(C)c(OC)c1. The molecule has 7 nitrogen and oxygen atoms in total. The van der Waals surface area contributed by atoms with Crippen molar-refractivity contribution in [2.75, 3.05) is 21.3 Å². The predicted octanol–water partition coefficient (Wildman–Crippen LogP) is 3.53. The standard InChI is InChI=1S/C12H13N3O2S.C9H12O2/c1-17-11-7-9(12(16)14-18)3-4-10(11)8-15-6-2-5-13-15;1-7-4-5-8(10-2)6-9(7)11-3/h2-7,18H,8H2,1H3,(H,14,16);4-6H,1-3H3. The number of nitrogens with zero attached hydrogens (tertiary/aromatic N) is 2. The monoisotopic (exact) mass is 415 g/mol. The number of methoxy groups -OCH3 is 3. The molecule has 3 aromatic rings. The highest BCUT2D eigenvalue weighted by Crippen LogP contribution is 2.23. The fraction of sp³-hybridized carbons (Fsp3) is 0.238. The topological polar surface area (TPSA) is 74.6 Å². The van der Waals surface area contributed by atoms with Crippen LogP contribution >= 0.6 is 12.8 Å². The second-order valence-corrected chi connectivity index (χ2v) is 6.23. The second-order valence-electron chi connectivity index (χ2n) is 6.01. The summed E-state index contributed by atoms with van der Waals surface area (Å²) in [6.07, 6.45) is 3.59. The molecule has 1 N–H and O–H groups in total. The van der Waals surface area contributed by atoms with E-state index in [-0.39, 0.29) is 5.91 Å². The number of ether oxygens (including phenoxy) is 3. The van der Waals surface area contributed by atoms with E-state index in [0.29, 0.717) is 17.9 Å². The van der Waals surface area contributed by atoms with E-state index in [1.165, 1.54) is 0 Å². The lowest BCUT2D eigenvalue weighted by molar-refractivity contribution is 0.0984. The molecule has 29 heavy (non-hydrogen) atoms. The first-order valence-corrected chi connectivity index (χ1v) is 9.24. The highest BCUT2D eigenvalue weighted by molar-refractivity contribution is 7.78. The van der Waals surface area contributed by atoms with Crippen LogP contribution < -0.4 is 18.9 Å². The van der Waals surface area contributed by atoms with Crippen molar-refractivity contribution in [3.8, 4) is 17.2 Å². The molecule has 8 heteroatoms. The number of carbonyl (C=O) groups is 1. The van der Waals surface area contributed by atoms with E-state index in [2.05, 4.69) is 22.6 Å². The van der Waals surface area contributed by atoms with Crippen molar-refractivity contribution in [3.05, 3.63) is 71.5 Å². The molecule has 0 unspecified atom stereocenters. The molecule has 0 fully saturated rings. The molecular weight excluding hydrogens is 390 g/mol. The van der Waals surface area contributed by atoms with Gasteiger partial charge in [0.05, 0.1) is 27.9 Å². The molecule has 1 amide bonds. The fourth-order valence-corrected chi connectivity index (χ4v) is 2.71. The largest absolute Gasteiger partial charge is 0.497 e. The van der Waals surface area contributed by atoms with Gasteiger partial charge in [-0.05, 0) is 36.8 Å². The van der Waals surface area contributed by atoms with Crippen LogP contribution in [0.15, 0.2) is 54.9 Å². The molecule has 0 saturated carbocycles. The predicted molar refractivity (Wildman–Crippen MR) is 115 cm³/mol. The number of hydrogen-bond donors (Lipinski definition) is 2. The van der Waals surface area contributed by atoms with Gasteiger partial charge in [-0.25, -0.2) is 0 Å².